The molecule has 10 heteroatoms. The van der Waals surface area contributed by atoms with Gasteiger partial charge in [0.1, 0.15) is 24.9 Å². The predicted molar refractivity (Wildman–Crippen MR) is 84.3 cm³/mol. The lowest BCUT2D eigenvalue weighted by atomic mass is 9.90. The molecule has 1 aromatic heterocycles. The second-order valence-electron chi connectivity index (χ2n) is 5.72. The summed E-state index contributed by atoms with van der Waals surface area (Å²) in [5, 5.41) is 4.86. The minimum Gasteiger partial charge on any atom is -0.343 e. The van der Waals surface area contributed by atoms with Gasteiger partial charge in [-0.25, -0.2) is 9.67 Å². The largest absolute Gasteiger partial charge is 0.411 e. The number of rotatable bonds is 5. The van der Waals surface area contributed by atoms with Crippen LogP contribution < -0.4 is 0 Å². The molecule has 1 aliphatic heterocycles. The van der Waals surface area contributed by atoms with Crippen molar-refractivity contribution in [2.24, 2.45) is 0 Å². The van der Waals surface area contributed by atoms with E-state index in [4.69, 9.17) is 32.7 Å². The van der Waals surface area contributed by atoms with Crippen molar-refractivity contribution in [3.8, 4) is 0 Å². The summed E-state index contributed by atoms with van der Waals surface area (Å²) in [7, 11) is 0. The third kappa shape index (κ3) is 4.44. The van der Waals surface area contributed by atoms with Crippen molar-refractivity contribution >= 4 is 23.2 Å². The lowest BCUT2D eigenvalue weighted by Gasteiger charge is -2.30. The molecule has 2 atom stereocenters. The van der Waals surface area contributed by atoms with E-state index in [1.807, 2.05) is 0 Å². The zero-order valence-corrected chi connectivity index (χ0v) is 14.4. The lowest BCUT2D eigenvalue weighted by molar-refractivity contribution is -0.239. The third-order valence-corrected chi connectivity index (χ3v) is 4.43. The highest BCUT2D eigenvalue weighted by Crippen LogP contribution is 2.44. The third-order valence-electron chi connectivity index (χ3n) is 3.88. The molecule has 0 spiro atoms. The Kier molecular flexibility index (Phi) is 5.24. The molecule has 2 aromatic rings. The zero-order valence-electron chi connectivity index (χ0n) is 12.8. The van der Waals surface area contributed by atoms with Gasteiger partial charge >= 0.3 is 6.18 Å². The summed E-state index contributed by atoms with van der Waals surface area (Å²) < 4.78 is 49.5. The van der Waals surface area contributed by atoms with Crippen LogP contribution in [0.4, 0.5) is 13.2 Å². The summed E-state index contributed by atoms with van der Waals surface area (Å²) in [5.41, 5.74) is -0.363. The van der Waals surface area contributed by atoms with E-state index in [1.165, 1.54) is 17.3 Å². The minimum absolute atomic E-state index is 0.236. The average Bonchev–Trinajstić information content (AvgIpc) is 3.15. The molecule has 0 aliphatic carbocycles. The van der Waals surface area contributed by atoms with E-state index >= 15 is 0 Å². The summed E-state index contributed by atoms with van der Waals surface area (Å²) in [6, 6.07) is 4.92. The van der Waals surface area contributed by atoms with Crippen LogP contribution in [0.3, 0.4) is 0 Å². The molecule has 1 aliphatic rings. The minimum atomic E-state index is -4.42. The Morgan fingerprint density at radius 1 is 1.36 bits per heavy atom. The lowest BCUT2D eigenvalue weighted by Crippen LogP contribution is -2.34. The molecule has 5 nitrogen and oxygen atoms in total. The van der Waals surface area contributed by atoms with E-state index in [0.717, 1.165) is 0 Å². The van der Waals surface area contributed by atoms with E-state index in [0.29, 0.717) is 28.5 Å². The van der Waals surface area contributed by atoms with E-state index in [-0.39, 0.29) is 6.54 Å². The Morgan fingerprint density at radius 2 is 2.16 bits per heavy atom. The van der Waals surface area contributed by atoms with Crippen LogP contribution in [0.25, 0.3) is 0 Å². The maximum Gasteiger partial charge on any atom is 0.411 e. The fourth-order valence-corrected chi connectivity index (χ4v) is 3.44. The Bertz CT molecular complexity index is 727. The summed E-state index contributed by atoms with van der Waals surface area (Å²) in [5.74, 6) is 0. The van der Waals surface area contributed by atoms with Crippen molar-refractivity contribution in [3.63, 3.8) is 0 Å². The second-order valence-corrected chi connectivity index (χ2v) is 6.57. The zero-order chi connectivity index (χ0) is 18.1. The summed E-state index contributed by atoms with van der Waals surface area (Å²) in [4.78, 5) is 3.88. The molecule has 0 unspecified atom stereocenters. The molecule has 136 valence electrons. The molecule has 25 heavy (non-hydrogen) atoms. The monoisotopic (exact) mass is 395 g/mol. The van der Waals surface area contributed by atoms with Crippen molar-refractivity contribution in [2.45, 2.75) is 37.5 Å². The first kappa shape index (κ1) is 18.4. The quantitative estimate of drug-likeness (QED) is 0.761. The molecule has 0 bridgehead atoms. The number of benzene rings is 1. The fourth-order valence-electron chi connectivity index (χ4n) is 2.86. The number of nitrogens with zero attached hydrogens (tertiary/aromatic N) is 3. The SMILES string of the molecule is FC(F)(F)CO[C@H]1CC[C@](Cn2cncn2)(c2ccc(Cl)cc2Cl)O1. The van der Waals surface area contributed by atoms with Crippen molar-refractivity contribution in [1.82, 2.24) is 14.8 Å². The fraction of sp³-hybridized carbons (Fsp3) is 0.467. The molecule has 0 saturated carbocycles. The molecular weight excluding hydrogens is 382 g/mol. The van der Waals surface area contributed by atoms with Crippen LogP contribution in [0, 0.1) is 0 Å². The second kappa shape index (κ2) is 7.11. The van der Waals surface area contributed by atoms with Gasteiger partial charge in [-0.15, -0.1) is 0 Å². The highest BCUT2D eigenvalue weighted by molar-refractivity contribution is 6.35. The Hall–Kier alpha value is -1.35. The normalized spacial score (nSPS) is 24.0. The maximum atomic E-state index is 12.4. The van der Waals surface area contributed by atoms with Crippen LogP contribution in [0.1, 0.15) is 18.4 Å². The number of aromatic nitrogens is 3. The van der Waals surface area contributed by atoms with Gasteiger partial charge in [-0.05, 0) is 18.6 Å². The standard InChI is InChI=1S/C15H14Cl2F3N3O2/c16-10-1-2-11(12(17)5-10)14(6-23-9-21-8-22-23)4-3-13(25-14)24-7-15(18,19)20/h1-2,5,8-9,13H,3-4,6-7H2/t13-,14+/m1/s1. The van der Waals surface area contributed by atoms with E-state index in [2.05, 4.69) is 10.1 Å². The number of hydrogen-bond acceptors (Lipinski definition) is 4. The first-order valence-electron chi connectivity index (χ1n) is 7.42. The number of hydrogen-bond donors (Lipinski definition) is 0. The van der Waals surface area contributed by atoms with Gasteiger partial charge in [0.15, 0.2) is 6.29 Å². The Labute approximate surface area is 151 Å². The first-order chi connectivity index (χ1) is 11.8. The number of alkyl halides is 3. The van der Waals surface area contributed by atoms with Crippen LogP contribution in [-0.2, 0) is 21.6 Å². The van der Waals surface area contributed by atoms with Gasteiger partial charge < -0.3 is 9.47 Å². The first-order valence-corrected chi connectivity index (χ1v) is 8.17. The van der Waals surface area contributed by atoms with E-state index < -0.39 is 24.7 Å². The highest BCUT2D eigenvalue weighted by Gasteiger charge is 2.45. The Balaban J connectivity index is 1.86. The molecule has 1 fully saturated rings. The molecule has 1 aromatic carbocycles. The van der Waals surface area contributed by atoms with E-state index in [9.17, 15) is 13.2 Å². The summed E-state index contributed by atoms with van der Waals surface area (Å²) in [6.07, 6.45) is -1.83. The molecule has 0 radical (unpaired) electrons. The van der Waals surface area contributed by atoms with E-state index in [1.54, 1.807) is 18.2 Å². The average molecular weight is 396 g/mol. The maximum absolute atomic E-state index is 12.4. The molecule has 0 amide bonds. The van der Waals surface area contributed by atoms with Gasteiger partial charge in [0, 0.05) is 22.0 Å². The van der Waals surface area contributed by atoms with Crippen LogP contribution >= 0.6 is 23.2 Å². The molecule has 0 N–H and O–H groups in total. The van der Waals surface area contributed by atoms with Crippen LogP contribution in [0.15, 0.2) is 30.9 Å². The number of ether oxygens (including phenoxy) is 2. The molecule has 2 heterocycles. The topological polar surface area (TPSA) is 49.2 Å². The summed E-state index contributed by atoms with van der Waals surface area (Å²) in [6.45, 7) is -1.13. The predicted octanol–water partition coefficient (Wildman–Crippen LogP) is 4.20. The van der Waals surface area contributed by atoms with Gasteiger partial charge in [0.2, 0.25) is 0 Å². The van der Waals surface area contributed by atoms with Gasteiger partial charge in [0.25, 0.3) is 0 Å². The van der Waals surface area contributed by atoms with Gasteiger partial charge in [-0.1, -0.05) is 29.3 Å². The van der Waals surface area contributed by atoms with Crippen molar-refractivity contribution < 1.29 is 22.6 Å². The van der Waals surface area contributed by atoms with Gasteiger partial charge in [0.05, 0.1) is 6.54 Å². The van der Waals surface area contributed by atoms with Crippen molar-refractivity contribution in [2.75, 3.05) is 6.61 Å². The Morgan fingerprint density at radius 3 is 2.80 bits per heavy atom. The smallest absolute Gasteiger partial charge is 0.343 e. The highest BCUT2D eigenvalue weighted by atomic mass is 35.5. The molecular formula is C15H14Cl2F3N3O2. The summed E-state index contributed by atoms with van der Waals surface area (Å²) >= 11 is 12.2. The van der Waals surface area contributed by atoms with Crippen LogP contribution in [0.5, 0.6) is 0 Å². The molecule has 3 rings (SSSR count). The van der Waals surface area contributed by atoms with Gasteiger partial charge in [-0.2, -0.15) is 18.3 Å². The van der Waals surface area contributed by atoms with Crippen LogP contribution in [0.2, 0.25) is 10.0 Å². The van der Waals surface area contributed by atoms with Gasteiger partial charge in [-0.3, -0.25) is 0 Å². The molecule has 1 saturated heterocycles. The number of halogens is 5. The van der Waals surface area contributed by atoms with Crippen LogP contribution in [-0.4, -0.2) is 33.8 Å². The van der Waals surface area contributed by atoms with Crippen molar-refractivity contribution in [3.05, 3.63) is 46.5 Å². The van der Waals surface area contributed by atoms with Crippen molar-refractivity contribution in [1.29, 1.82) is 0 Å².